The minimum atomic E-state index is -4.65. The van der Waals surface area contributed by atoms with Crippen LogP contribution in [0.2, 0.25) is 0 Å². The van der Waals surface area contributed by atoms with Gasteiger partial charge >= 0.3 is 12.3 Å². The summed E-state index contributed by atoms with van der Waals surface area (Å²) < 4.78 is 70.0. The van der Waals surface area contributed by atoms with Gasteiger partial charge in [-0.1, -0.05) is 0 Å². The Labute approximate surface area is 156 Å². The van der Waals surface area contributed by atoms with Gasteiger partial charge in [-0.2, -0.15) is 17.5 Å². The number of carbonyl (C=O) groups is 1. The summed E-state index contributed by atoms with van der Waals surface area (Å²) in [6, 6.07) is 1.57. The molecule has 0 spiro atoms. The molecule has 0 saturated carbocycles. The molecule has 1 saturated heterocycles. The first-order chi connectivity index (χ1) is 12.2. The van der Waals surface area contributed by atoms with Crippen molar-refractivity contribution in [2.75, 3.05) is 26.2 Å². The van der Waals surface area contributed by atoms with Gasteiger partial charge in [0.2, 0.25) is 10.0 Å². The molecule has 0 radical (unpaired) electrons. The summed E-state index contributed by atoms with van der Waals surface area (Å²) >= 11 is 0. The highest BCUT2D eigenvalue weighted by Gasteiger charge is 2.36. The minimum absolute atomic E-state index is 0.0159. The zero-order valence-electron chi connectivity index (χ0n) is 15.5. The summed E-state index contributed by atoms with van der Waals surface area (Å²) in [4.78, 5) is 16.5. The summed E-state index contributed by atoms with van der Waals surface area (Å²) in [7, 11) is -4.01. The third-order valence-corrected chi connectivity index (χ3v) is 5.87. The number of amides is 1. The SMILES string of the molecule is Cc1nc(C(F)(F)F)ccc1S(=O)(=O)N1CCN(C(=O)OC(C)(C)C)CC1. The highest BCUT2D eigenvalue weighted by Crippen LogP contribution is 2.30. The van der Waals surface area contributed by atoms with Crippen LogP contribution in [0.5, 0.6) is 0 Å². The monoisotopic (exact) mass is 409 g/mol. The van der Waals surface area contributed by atoms with Crippen LogP contribution in [-0.2, 0) is 20.9 Å². The molecule has 0 aliphatic carbocycles. The van der Waals surface area contributed by atoms with Gasteiger partial charge in [-0.05, 0) is 39.8 Å². The van der Waals surface area contributed by atoms with Crippen molar-refractivity contribution in [3.63, 3.8) is 0 Å². The number of hydrogen-bond donors (Lipinski definition) is 0. The Morgan fingerprint density at radius 1 is 1.11 bits per heavy atom. The summed E-state index contributed by atoms with van der Waals surface area (Å²) in [6.45, 7) is 6.69. The van der Waals surface area contributed by atoms with Gasteiger partial charge in [0.1, 0.15) is 16.2 Å². The van der Waals surface area contributed by atoms with Crippen LogP contribution in [0.15, 0.2) is 17.0 Å². The number of pyridine rings is 1. The average Bonchev–Trinajstić information content (AvgIpc) is 2.52. The fourth-order valence-electron chi connectivity index (χ4n) is 2.56. The molecule has 1 amide bonds. The molecule has 1 aliphatic rings. The number of nitrogens with zero attached hydrogens (tertiary/aromatic N) is 3. The average molecular weight is 409 g/mol. The van der Waals surface area contributed by atoms with Crippen LogP contribution < -0.4 is 0 Å². The molecule has 7 nitrogen and oxygen atoms in total. The second-order valence-corrected chi connectivity index (χ2v) is 9.06. The molecule has 1 aliphatic heterocycles. The van der Waals surface area contributed by atoms with Crippen LogP contribution in [0, 0.1) is 6.92 Å². The lowest BCUT2D eigenvalue weighted by atomic mass is 10.2. The number of carbonyl (C=O) groups excluding carboxylic acids is 1. The fourth-order valence-corrected chi connectivity index (χ4v) is 4.14. The van der Waals surface area contributed by atoms with Gasteiger partial charge < -0.3 is 9.64 Å². The number of halogens is 3. The Balaban J connectivity index is 2.12. The quantitative estimate of drug-likeness (QED) is 0.750. The van der Waals surface area contributed by atoms with Crippen LogP contribution in [0.4, 0.5) is 18.0 Å². The molecule has 0 aromatic carbocycles. The summed E-state index contributed by atoms with van der Waals surface area (Å²) in [5.74, 6) is 0. The lowest BCUT2D eigenvalue weighted by Gasteiger charge is -2.35. The Morgan fingerprint density at radius 3 is 2.11 bits per heavy atom. The third kappa shape index (κ3) is 5.10. The summed E-state index contributed by atoms with van der Waals surface area (Å²) in [6.07, 6.45) is -5.18. The second kappa shape index (κ2) is 7.27. The molecule has 1 aromatic heterocycles. The van der Waals surface area contributed by atoms with Crippen LogP contribution >= 0.6 is 0 Å². The number of piperazine rings is 1. The van der Waals surface area contributed by atoms with Crippen LogP contribution in [0.25, 0.3) is 0 Å². The van der Waals surface area contributed by atoms with Crippen molar-refractivity contribution in [1.82, 2.24) is 14.2 Å². The molecule has 0 bridgehead atoms. The molecule has 152 valence electrons. The van der Waals surface area contributed by atoms with E-state index >= 15 is 0 Å². The fraction of sp³-hybridized carbons (Fsp3) is 0.625. The lowest BCUT2D eigenvalue weighted by molar-refractivity contribution is -0.141. The number of ether oxygens (including phenoxy) is 1. The zero-order valence-corrected chi connectivity index (χ0v) is 16.3. The van der Waals surface area contributed by atoms with Gasteiger partial charge in [-0.25, -0.2) is 18.2 Å². The minimum Gasteiger partial charge on any atom is -0.444 e. The standard InChI is InChI=1S/C16H22F3N3O4S/c1-11-12(5-6-13(20-11)16(17,18)19)27(24,25)22-9-7-21(8-10-22)14(23)26-15(2,3)4/h5-6H,7-10H2,1-4H3. The molecule has 11 heteroatoms. The van der Waals surface area contributed by atoms with E-state index in [2.05, 4.69) is 4.98 Å². The molecule has 2 rings (SSSR count). The molecule has 2 heterocycles. The van der Waals surface area contributed by atoms with Crippen LogP contribution in [0.1, 0.15) is 32.2 Å². The largest absolute Gasteiger partial charge is 0.444 e. The molecule has 0 unspecified atom stereocenters. The second-order valence-electron chi connectivity index (χ2n) is 7.15. The molecular weight excluding hydrogens is 387 g/mol. The third-order valence-electron chi connectivity index (χ3n) is 3.84. The Morgan fingerprint density at radius 2 is 1.67 bits per heavy atom. The van der Waals surface area contributed by atoms with Crippen molar-refractivity contribution in [2.24, 2.45) is 0 Å². The van der Waals surface area contributed by atoms with E-state index in [0.29, 0.717) is 6.07 Å². The predicted molar refractivity (Wildman–Crippen MR) is 90.5 cm³/mol. The van der Waals surface area contributed by atoms with E-state index in [4.69, 9.17) is 4.74 Å². The van der Waals surface area contributed by atoms with Gasteiger partial charge in [0.15, 0.2) is 0 Å². The molecule has 1 aromatic rings. The van der Waals surface area contributed by atoms with Crippen molar-refractivity contribution < 1.29 is 31.1 Å². The predicted octanol–water partition coefficient (Wildman–Crippen LogP) is 2.65. The summed E-state index contributed by atoms with van der Waals surface area (Å²) in [5, 5.41) is 0. The zero-order chi connectivity index (χ0) is 20.6. The van der Waals surface area contributed by atoms with Gasteiger partial charge in [-0.3, -0.25) is 0 Å². The molecular formula is C16H22F3N3O4S. The maximum Gasteiger partial charge on any atom is 0.433 e. The molecule has 0 N–H and O–H groups in total. The first-order valence-corrected chi connectivity index (χ1v) is 9.69. The van der Waals surface area contributed by atoms with Gasteiger partial charge in [0.05, 0.1) is 5.69 Å². The normalized spacial score (nSPS) is 17.1. The van der Waals surface area contributed by atoms with Crippen LogP contribution in [0.3, 0.4) is 0 Å². The molecule has 27 heavy (non-hydrogen) atoms. The highest BCUT2D eigenvalue weighted by atomic mass is 32.2. The number of hydrogen-bond acceptors (Lipinski definition) is 5. The van der Waals surface area contributed by atoms with Gasteiger partial charge in [-0.15, -0.1) is 0 Å². The number of rotatable bonds is 2. The van der Waals surface area contributed by atoms with Gasteiger partial charge in [0, 0.05) is 26.2 Å². The summed E-state index contributed by atoms with van der Waals surface area (Å²) in [5.41, 5.74) is -2.03. The van der Waals surface area contributed by atoms with Crippen molar-refractivity contribution in [2.45, 2.75) is 44.4 Å². The van der Waals surface area contributed by atoms with E-state index in [1.54, 1.807) is 20.8 Å². The number of aromatic nitrogens is 1. The van der Waals surface area contributed by atoms with E-state index in [9.17, 15) is 26.4 Å². The van der Waals surface area contributed by atoms with Gasteiger partial charge in [0.25, 0.3) is 0 Å². The van der Waals surface area contributed by atoms with Crippen molar-refractivity contribution in [3.8, 4) is 0 Å². The Kier molecular flexibility index (Phi) is 5.77. The molecule has 1 fully saturated rings. The lowest BCUT2D eigenvalue weighted by Crippen LogP contribution is -2.51. The highest BCUT2D eigenvalue weighted by molar-refractivity contribution is 7.89. The number of sulfonamides is 1. The van der Waals surface area contributed by atoms with Crippen LogP contribution in [-0.4, -0.2) is 60.5 Å². The van der Waals surface area contributed by atoms with Crippen molar-refractivity contribution >= 4 is 16.1 Å². The maximum atomic E-state index is 12.7. The van der Waals surface area contributed by atoms with E-state index in [1.807, 2.05) is 0 Å². The first-order valence-electron chi connectivity index (χ1n) is 8.25. The smallest absolute Gasteiger partial charge is 0.433 e. The number of aryl methyl sites for hydroxylation is 1. The van der Waals surface area contributed by atoms with E-state index < -0.39 is 33.6 Å². The Hall–Kier alpha value is -1.88. The number of alkyl halides is 3. The topological polar surface area (TPSA) is 79.8 Å². The Bertz CT molecular complexity index is 811. The van der Waals surface area contributed by atoms with E-state index in [-0.39, 0.29) is 36.8 Å². The molecule has 0 atom stereocenters. The first kappa shape index (κ1) is 21.4. The van der Waals surface area contributed by atoms with Crippen molar-refractivity contribution in [3.05, 3.63) is 23.5 Å². The van der Waals surface area contributed by atoms with E-state index in [0.717, 1.165) is 10.4 Å². The maximum absolute atomic E-state index is 12.7. The van der Waals surface area contributed by atoms with E-state index in [1.165, 1.54) is 11.8 Å². The van der Waals surface area contributed by atoms with Crippen molar-refractivity contribution in [1.29, 1.82) is 0 Å².